The molecule has 2 aromatic rings. The van der Waals surface area contributed by atoms with Crippen molar-refractivity contribution in [3.8, 4) is 5.75 Å². The summed E-state index contributed by atoms with van der Waals surface area (Å²) in [5.41, 5.74) is -0.0749. The molecule has 142 valence electrons. The van der Waals surface area contributed by atoms with Gasteiger partial charge in [0.1, 0.15) is 0 Å². The maximum atomic E-state index is 12.5. The number of carbonyl (C=O) groups is 2. The van der Waals surface area contributed by atoms with Crippen LogP contribution >= 0.6 is 0 Å². The normalized spacial score (nSPS) is 10.8. The van der Waals surface area contributed by atoms with Crippen LogP contribution in [0.3, 0.4) is 0 Å². The van der Waals surface area contributed by atoms with Gasteiger partial charge in [0, 0.05) is 17.2 Å². The third-order valence-electron chi connectivity index (χ3n) is 3.55. The largest absolute Gasteiger partial charge is 0.490 e. The number of nitro benzene ring substituents is 1. The molecule has 0 fully saturated rings. The minimum atomic E-state index is -0.625. The summed E-state index contributed by atoms with van der Waals surface area (Å²) in [6.07, 6.45) is 0. The van der Waals surface area contributed by atoms with E-state index in [4.69, 9.17) is 4.74 Å². The summed E-state index contributed by atoms with van der Waals surface area (Å²) < 4.78 is 4.93. The summed E-state index contributed by atoms with van der Waals surface area (Å²) >= 11 is 0. The molecule has 0 spiro atoms. The predicted octanol–water partition coefficient (Wildman–Crippen LogP) is 3.38. The van der Waals surface area contributed by atoms with Crippen molar-refractivity contribution in [2.24, 2.45) is 0 Å². The number of hydrogen-bond donors (Lipinski definition) is 2. The van der Waals surface area contributed by atoms with Crippen molar-refractivity contribution < 1.29 is 19.2 Å². The number of hydrogen-bond acceptors (Lipinski definition) is 5. The Labute approximate surface area is 156 Å². The lowest BCUT2D eigenvalue weighted by Gasteiger charge is -2.21. The maximum absolute atomic E-state index is 12.5. The summed E-state index contributed by atoms with van der Waals surface area (Å²) in [5, 5.41) is 16.6. The van der Waals surface area contributed by atoms with Crippen LogP contribution in [0.15, 0.2) is 42.5 Å². The number of nitrogens with one attached hydrogen (secondary N) is 2. The highest BCUT2D eigenvalue weighted by Gasteiger charge is 2.21. The van der Waals surface area contributed by atoms with E-state index in [-0.39, 0.29) is 22.9 Å². The van der Waals surface area contributed by atoms with Crippen LogP contribution in [-0.4, -0.2) is 29.4 Å². The molecule has 2 N–H and O–H groups in total. The number of carbonyl (C=O) groups excluding carboxylic acids is 2. The van der Waals surface area contributed by atoms with Crippen LogP contribution in [0.5, 0.6) is 5.75 Å². The topological polar surface area (TPSA) is 111 Å². The summed E-state index contributed by atoms with van der Waals surface area (Å²) in [6.45, 7) is 5.55. The second-order valence-electron chi connectivity index (χ2n) is 6.85. The molecular weight excluding hydrogens is 350 g/mol. The standard InChI is InChI=1S/C19H21N3O5/c1-19(2,3)21-18(24)13-7-5-6-8-14(13)20-17(23)12-9-10-16(27-4)15(11-12)22(25)26/h5-11H,1-4H3,(H,20,23)(H,21,24). The van der Waals surface area contributed by atoms with Crippen molar-refractivity contribution >= 4 is 23.2 Å². The molecule has 0 aromatic heterocycles. The minimum Gasteiger partial charge on any atom is -0.490 e. The van der Waals surface area contributed by atoms with Crippen LogP contribution in [0.1, 0.15) is 41.5 Å². The number of nitrogens with zero attached hydrogens (tertiary/aromatic N) is 1. The average molecular weight is 371 g/mol. The molecule has 0 bridgehead atoms. The van der Waals surface area contributed by atoms with Crippen LogP contribution in [0.4, 0.5) is 11.4 Å². The Bertz CT molecular complexity index is 887. The van der Waals surface area contributed by atoms with Crippen LogP contribution in [0, 0.1) is 10.1 Å². The van der Waals surface area contributed by atoms with Crippen LogP contribution in [0.2, 0.25) is 0 Å². The van der Waals surface area contributed by atoms with Crippen molar-refractivity contribution in [1.29, 1.82) is 0 Å². The van der Waals surface area contributed by atoms with Gasteiger partial charge in [0.15, 0.2) is 5.75 Å². The van der Waals surface area contributed by atoms with Gasteiger partial charge in [-0.3, -0.25) is 19.7 Å². The zero-order valence-corrected chi connectivity index (χ0v) is 15.5. The number of nitro groups is 1. The number of ether oxygens (including phenoxy) is 1. The molecule has 2 rings (SSSR count). The second kappa shape index (κ2) is 7.86. The van der Waals surface area contributed by atoms with Crippen molar-refractivity contribution in [3.63, 3.8) is 0 Å². The maximum Gasteiger partial charge on any atom is 0.311 e. The Morgan fingerprint density at radius 3 is 2.33 bits per heavy atom. The molecule has 27 heavy (non-hydrogen) atoms. The lowest BCUT2D eigenvalue weighted by molar-refractivity contribution is -0.385. The SMILES string of the molecule is COc1ccc(C(=O)Nc2ccccc2C(=O)NC(C)(C)C)cc1[N+](=O)[O-]. The molecule has 0 aliphatic heterocycles. The molecule has 8 nitrogen and oxygen atoms in total. The molecule has 0 heterocycles. The van der Waals surface area contributed by atoms with E-state index in [0.29, 0.717) is 11.3 Å². The minimum absolute atomic E-state index is 0.0569. The number of benzene rings is 2. The van der Waals surface area contributed by atoms with E-state index in [1.165, 1.54) is 19.2 Å². The van der Waals surface area contributed by atoms with Crippen LogP contribution in [-0.2, 0) is 0 Å². The average Bonchev–Trinajstić information content (AvgIpc) is 2.60. The number of para-hydroxylation sites is 1. The van der Waals surface area contributed by atoms with E-state index in [2.05, 4.69) is 10.6 Å². The molecular formula is C19H21N3O5. The van der Waals surface area contributed by atoms with E-state index >= 15 is 0 Å². The Morgan fingerprint density at radius 2 is 1.74 bits per heavy atom. The highest BCUT2D eigenvalue weighted by atomic mass is 16.6. The fourth-order valence-corrected chi connectivity index (χ4v) is 2.37. The Balaban J connectivity index is 2.30. The van der Waals surface area contributed by atoms with Crippen molar-refractivity contribution in [2.45, 2.75) is 26.3 Å². The van der Waals surface area contributed by atoms with Gasteiger partial charge in [0.05, 0.1) is 23.3 Å². The van der Waals surface area contributed by atoms with Gasteiger partial charge in [-0.1, -0.05) is 12.1 Å². The number of amides is 2. The molecule has 0 saturated carbocycles. The molecule has 0 unspecified atom stereocenters. The first-order chi connectivity index (χ1) is 12.6. The van der Waals surface area contributed by atoms with Gasteiger partial charge in [-0.25, -0.2) is 0 Å². The first-order valence-corrected chi connectivity index (χ1v) is 8.17. The number of methoxy groups -OCH3 is 1. The van der Waals surface area contributed by atoms with Crippen LogP contribution in [0.25, 0.3) is 0 Å². The zero-order valence-electron chi connectivity index (χ0n) is 15.5. The summed E-state index contributed by atoms with van der Waals surface area (Å²) in [7, 11) is 1.31. The third kappa shape index (κ3) is 5.04. The zero-order chi connectivity index (χ0) is 20.2. The van der Waals surface area contributed by atoms with Gasteiger partial charge in [-0.05, 0) is 45.0 Å². The molecule has 0 atom stereocenters. The van der Waals surface area contributed by atoms with E-state index in [9.17, 15) is 19.7 Å². The van der Waals surface area contributed by atoms with Gasteiger partial charge < -0.3 is 15.4 Å². The highest BCUT2D eigenvalue weighted by Crippen LogP contribution is 2.28. The van der Waals surface area contributed by atoms with E-state index < -0.39 is 16.4 Å². The molecule has 0 saturated heterocycles. The van der Waals surface area contributed by atoms with Gasteiger partial charge in [-0.2, -0.15) is 0 Å². The summed E-state index contributed by atoms with van der Waals surface area (Å²) in [6, 6.07) is 10.4. The lowest BCUT2D eigenvalue weighted by Crippen LogP contribution is -2.40. The molecule has 2 amide bonds. The Morgan fingerprint density at radius 1 is 1.07 bits per heavy atom. The number of anilines is 1. The van der Waals surface area contributed by atoms with E-state index in [1.54, 1.807) is 24.3 Å². The summed E-state index contributed by atoms with van der Waals surface area (Å²) in [5.74, 6) is -0.850. The van der Waals surface area contributed by atoms with Crippen molar-refractivity contribution in [1.82, 2.24) is 5.32 Å². The first-order valence-electron chi connectivity index (χ1n) is 8.17. The molecule has 0 aliphatic rings. The molecule has 0 aliphatic carbocycles. The predicted molar refractivity (Wildman–Crippen MR) is 101 cm³/mol. The van der Waals surface area contributed by atoms with Gasteiger partial charge in [-0.15, -0.1) is 0 Å². The Kier molecular flexibility index (Phi) is 5.79. The van der Waals surface area contributed by atoms with Gasteiger partial charge in [0.25, 0.3) is 11.8 Å². The van der Waals surface area contributed by atoms with Crippen molar-refractivity contribution in [3.05, 3.63) is 63.7 Å². The summed E-state index contributed by atoms with van der Waals surface area (Å²) in [4.78, 5) is 35.5. The smallest absolute Gasteiger partial charge is 0.311 e. The van der Waals surface area contributed by atoms with Gasteiger partial charge in [0.2, 0.25) is 0 Å². The van der Waals surface area contributed by atoms with Crippen molar-refractivity contribution in [2.75, 3.05) is 12.4 Å². The second-order valence-corrected chi connectivity index (χ2v) is 6.85. The Hall–Kier alpha value is -3.42. The van der Waals surface area contributed by atoms with Crippen LogP contribution < -0.4 is 15.4 Å². The molecule has 0 radical (unpaired) electrons. The fourth-order valence-electron chi connectivity index (χ4n) is 2.37. The lowest BCUT2D eigenvalue weighted by atomic mass is 10.1. The quantitative estimate of drug-likeness (QED) is 0.618. The molecule has 8 heteroatoms. The van der Waals surface area contributed by atoms with Gasteiger partial charge >= 0.3 is 5.69 Å². The fraction of sp³-hybridized carbons (Fsp3) is 0.263. The number of rotatable bonds is 5. The van der Waals surface area contributed by atoms with E-state index in [0.717, 1.165) is 6.07 Å². The first kappa shape index (κ1) is 19.9. The molecule has 2 aromatic carbocycles. The van der Waals surface area contributed by atoms with E-state index in [1.807, 2.05) is 20.8 Å². The monoisotopic (exact) mass is 371 g/mol. The third-order valence-corrected chi connectivity index (χ3v) is 3.55. The highest BCUT2D eigenvalue weighted by molar-refractivity contribution is 6.09.